The molecule has 0 aliphatic rings. The minimum atomic E-state index is 0.714. The number of rotatable bonds is 3. The minimum absolute atomic E-state index is 0.714. The lowest BCUT2D eigenvalue weighted by Crippen LogP contribution is -1.93. The predicted molar refractivity (Wildman–Crippen MR) is 106 cm³/mol. The average Bonchev–Trinajstić information content (AvgIpc) is 2.69. The maximum atomic E-state index is 4.77. The second kappa shape index (κ2) is 6.99. The second-order valence-corrected chi connectivity index (χ2v) is 6.52. The summed E-state index contributed by atoms with van der Waals surface area (Å²) in [6, 6.07) is 30.7. The van der Waals surface area contributed by atoms with E-state index in [0.29, 0.717) is 5.82 Å². The number of nitrogens with zero attached hydrogens (tertiary/aromatic N) is 2. The van der Waals surface area contributed by atoms with Crippen molar-refractivity contribution in [1.29, 1.82) is 0 Å². The molecule has 1 aromatic heterocycles. The van der Waals surface area contributed by atoms with Crippen LogP contribution >= 0.6 is 15.9 Å². The topological polar surface area (TPSA) is 25.8 Å². The normalized spacial score (nSPS) is 10.6. The SMILES string of the molecule is Brc1cc(-c2ccccc2)nc(-c2cccc(-c3ccccc3)c2)n1. The van der Waals surface area contributed by atoms with E-state index in [1.807, 2.05) is 54.6 Å². The number of aromatic nitrogens is 2. The number of halogens is 1. The zero-order valence-electron chi connectivity index (χ0n) is 13.4. The molecular formula is C22H15BrN2. The monoisotopic (exact) mass is 386 g/mol. The van der Waals surface area contributed by atoms with E-state index in [1.54, 1.807) is 0 Å². The van der Waals surface area contributed by atoms with Gasteiger partial charge in [-0.15, -0.1) is 0 Å². The molecule has 2 nitrogen and oxygen atoms in total. The molecule has 0 saturated carbocycles. The molecule has 1 heterocycles. The van der Waals surface area contributed by atoms with Crippen LogP contribution < -0.4 is 0 Å². The average molecular weight is 387 g/mol. The zero-order valence-corrected chi connectivity index (χ0v) is 15.0. The van der Waals surface area contributed by atoms with Crippen LogP contribution in [0.1, 0.15) is 0 Å². The van der Waals surface area contributed by atoms with Crippen molar-refractivity contribution < 1.29 is 0 Å². The van der Waals surface area contributed by atoms with Gasteiger partial charge < -0.3 is 0 Å². The molecule has 0 N–H and O–H groups in total. The fraction of sp³-hybridized carbons (Fsp3) is 0. The van der Waals surface area contributed by atoms with Gasteiger partial charge >= 0.3 is 0 Å². The largest absolute Gasteiger partial charge is 0.228 e. The Kier molecular flexibility index (Phi) is 4.40. The maximum absolute atomic E-state index is 4.77. The lowest BCUT2D eigenvalue weighted by molar-refractivity contribution is 1.15. The second-order valence-electron chi connectivity index (χ2n) is 5.71. The van der Waals surface area contributed by atoms with Gasteiger partial charge in [0, 0.05) is 11.1 Å². The van der Waals surface area contributed by atoms with Crippen LogP contribution in [-0.2, 0) is 0 Å². The van der Waals surface area contributed by atoms with Crippen LogP contribution in [0.3, 0.4) is 0 Å². The summed E-state index contributed by atoms with van der Waals surface area (Å²) in [5.41, 5.74) is 5.32. The first kappa shape index (κ1) is 15.7. The van der Waals surface area contributed by atoms with Gasteiger partial charge in [-0.3, -0.25) is 0 Å². The third kappa shape index (κ3) is 3.52. The van der Waals surface area contributed by atoms with Crippen molar-refractivity contribution in [3.63, 3.8) is 0 Å². The van der Waals surface area contributed by atoms with Crippen molar-refractivity contribution in [2.45, 2.75) is 0 Å². The van der Waals surface area contributed by atoms with Crippen LogP contribution in [0.5, 0.6) is 0 Å². The van der Waals surface area contributed by atoms with Crippen LogP contribution in [-0.4, -0.2) is 9.97 Å². The molecule has 0 spiro atoms. The Morgan fingerprint density at radius 2 is 1.12 bits per heavy atom. The molecule has 4 aromatic rings. The quantitative estimate of drug-likeness (QED) is 0.389. The highest BCUT2D eigenvalue weighted by Crippen LogP contribution is 2.27. The Hall–Kier alpha value is -2.78. The number of benzene rings is 3. The van der Waals surface area contributed by atoms with Gasteiger partial charge in [0.1, 0.15) is 4.60 Å². The summed E-state index contributed by atoms with van der Waals surface area (Å²) in [5.74, 6) is 0.714. The Labute approximate surface area is 155 Å². The van der Waals surface area contributed by atoms with Crippen molar-refractivity contribution in [2.24, 2.45) is 0 Å². The van der Waals surface area contributed by atoms with Gasteiger partial charge in [0.15, 0.2) is 5.82 Å². The van der Waals surface area contributed by atoms with Crippen molar-refractivity contribution in [3.8, 4) is 33.8 Å². The highest BCUT2D eigenvalue weighted by molar-refractivity contribution is 9.10. The summed E-state index contributed by atoms with van der Waals surface area (Å²) in [6.45, 7) is 0. The Balaban J connectivity index is 1.79. The highest BCUT2D eigenvalue weighted by atomic mass is 79.9. The molecule has 0 saturated heterocycles. The lowest BCUT2D eigenvalue weighted by Gasteiger charge is -2.08. The van der Waals surface area contributed by atoms with Crippen LogP contribution in [0.2, 0.25) is 0 Å². The fourth-order valence-corrected chi connectivity index (χ4v) is 3.16. The molecule has 3 heteroatoms. The first-order valence-corrected chi connectivity index (χ1v) is 8.85. The van der Waals surface area contributed by atoms with Gasteiger partial charge in [0.05, 0.1) is 5.69 Å². The number of hydrogen-bond donors (Lipinski definition) is 0. The minimum Gasteiger partial charge on any atom is -0.228 e. The van der Waals surface area contributed by atoms with Crippen LogP contribution in [0.4, 0.5) is 0 Å². The molecule has 0 bridgehead atoms. The maximum Gasteiger partial charge on any atom is 0.161 e. The molecule has 0 atom stereocenters. The smallest absolute Gasteiger partial charge is 0.161 e. The van der Waals surface area contributed by atoms with E-state index >= 15 is 0 Å². The molecule has 0 unspecified atom stereocenters. The van der Waals surface area contributed by atoms with Crippen LogP contribution in [0, 0.1) is 0 Å². The predicted octanol–water partition coefficient (Wildman–Crippen LogP) is 6.24. The van der Waals surface area contributed by atoms with Gasteiger partial charge in [0.2, 0.25) is 0 Å². The van der Waals surface area contributed by atoms with Crippen LogP contribution in [0.15, 0.2) is 95.6 Å². The molecule has 4 rings (SSSR count). The van der Waals surface area contributed by atoms with Crippen molar-refractivity contribution >= 4 is 15.9 Å². The summed E-state index contributed by atoms with van der Waals surface area (Å²) in [6.07, 6.45) is 0. The fourth-order valence-electron chi connectivity index (χ4n) is 2.77. The van der Waals surface area contributed by atoms with Gasteiger partial charge in [-0.05, 0) is 39.2 Å². The molecule has 120 valence electrons. The van der Waals surface area contributed by atoms with E-state index in [2.05, 4.69) is 57.3 Å². The standard InChI is InChI=1S/C22H15BrN2/c23-21-15-20(17-10-5-2-6-11-17)24-22(25-21)19-13-7-12-18(14-19)16-8-3-1-4-9-16/h1-15H. The van der Waals surface area contributed by atoms with Crippen molar-refractivity contribution in [3.05, 3.63) is 95.6 Å². The van der Waals surface area contributed by atoms with E-state index < -0.39 is 0 Å². The molecule has 0 amide bonds. The summed E-state index contributed by atoms with van der Waals surface area (Å²) in [4.78, 5) is 9.34. The zero-order chi connectivity index (χ0) is 17.1. The van der Waals surface area contributed by atoms with Gasteiger partial charge in [0.25, 0.3) is 0 Å². The Morgan fingerprint density at radius 3 is 1.84 bits per heavy atom. The van der Waals surface area contributed by atoms with E-state index in [0.717, 1.165) is 27.0 Å². The number of hydrogen-bond acceptors (Lipinski definition) is 2. The summed E-state index contributed by atoms with van der Waals surface area (Å²) >= 11 is 3.52. The summed E-state index contributed by atoms with van der Waals surface area (Å²) < 4.78 is 0.779. The molecule has 0 radical (unpaired) electrons. The van der Waals surface area contributed by atoms with Crippen molar-refractivity contribution in [2.75, 3.05) is 0 Å². The van der Waals surface area contributed by atoms with E-state index in [4.69, 9.17) is 4.98 Å². The van der Waals surface area contributed by atoms with Crippen LogP contribution in [0.25, 0.3) is 33.8 Å². The molecule has 0 aliphatic carbocycles. The van der Waals surface area contributed by atoms with E-state index in [9.17, 15) is 0 Å². The highest BCUT2D eigenvalue weighted by Gasteiger charge is 2.08. The Bertz CT molecular complexity index is 999. The van der Waals surface area contributed by atoms with Gasteiger partial charge in [-0.25, -0.2) is 9.97 Å². The third-order valence-electron chi connectivity index (χ3n) is 3.99. The lowest BCUT2D eigenvalue weighted by atomic mass is 10.0. The Morgan fingerprint density at radius 1 is 0.520 bits per heavy atom. The molecular weight excluding hydrogens is 372 g/mol. The molecule has 0 aliphatic heterocycles. The first-order chi connectivity index (χ1) is 12.3. The van der Waals surface area contributed by atoms with E-state index in [-0.39, 0.29) is 0 Å². The van der Waals surface area contributed by atoms with Gasteiger partial charge in [-0.2, -0.15) is 0 Å². The molecule has 3 aromatic carbocycles. The first-order valence-electron chi connectivity index (χ1n) is 8.05. The molecule has 0 fully saturated rings. The molecule has 25 heavy (non-hydrogen) atoms. The third-order valence-corrected chi connectivity index (χ3v) is 4.40. The van der Waals surface area contributed by atoms with E-state index in [1.165, 1.54) is 5.56 Å². The van der Waals surface area contributed by atoms with Gasteiger partial charge in [-0.1, -0.05) is 78.9 Å². The van der Waals surface area contributed by atoms with Crippen molar-refractivity contribution in [1.82, 2.24) is 9.97 Å². The summed E-state index contributed by atoms with van der Waals surface area (Å²) in [5, 5.41) is 0. The summed E-state index contributed by atoms with van der Waals surface area (Å²) in [7, 11) is 0.